The Kier molecular flexibility index (Phi) is 6.24. The van der Waals surface area contributed by atoms with Crippen molar-refractivity contribution in [1.82, 2.24) is 5.32 Å². The second-order valence-corrected chi connectivity index (χ2v) is 6.92. The summed E-state index contributed by atoms with van der Waals surface area (Å²) in [7, 11) is 0. The van der Waals surface area contributed by atoms with Gasteiger partial charge in [-0.1, -0.05) is 54.8 Å². The molecule has 1 fully saturated rings. The van der Waals surface area contributed by atoms with Crippen LogP contribution in [0, 0.1) is 5.92 Å². The standard InChI is InChI=1S/C17H25BrN2/c1-13(2)19-12-15-7-3-4-9-17(15)20-11-14-6-5-8-16(18)10-14/h5-6,8,10-11,13,15,17,19H,3-4,7,9,12H2,1-2H3/t15-,17-/m0/s1. The number of rotatable bonds is 5. The molecule has 3 heteroatoms. The van der Waals surface area contributed by atoms with Crippen LogP contribution in [-0.2, 0) is 0 Å². The highest BCUT2D eigenvalue weighted by molar-refractivity contribution is 9.10. The van der Waals surface area contributed by atoms with Crippen LogP contribution in [0.4, 0.5) is 0 Å². The van der Waals surface area contributed by atoms with E-state index in [4.69, 9.17) is 4.99 Å². The van der Waals surface area contributed by atoms with E-state index in [0.717, 1.165) is 11.0 Å². The zero-order valence-corrected chi connectivity index (χ0v) is 14.1. The summed E-state index contributed by atoms with van der Waals surface area (Å²) in [5.74, 6) is 0.689. The van der Waals surface area contributed by atoms with E-state index in [-0.39, 0.29) is 0 Å². The minimum absolute atomic E-state index is 0.481. The fourth-order valence-electron chi connectivity index (χ4n) is 2.78. The van der Waals surface area contributed by atoms with Crippen LogP contribution in [0.3, 0.4) is 0 Å². The van der Waals surface area contributed by atoms with E-state index in [9.17, 15) is 0 Å². The summed E-state index contributed by atoms with van der Waals surface area (Å²) in [6, 6.07) is 9.38. The normalized spacial score (nSPS) is 23.6. The van der Waals surface area contributed by atoms with Crippen molar-refractivity contribution in [3.63, 3.8) is 0 Å². The Morgan fingerprint density at radius 1 is 1.35 bits per heavy atom. The lowest BCUT2D eigenvalue weighted by molar-refractivity contribution is 0.293. The van der Waals surface area contributed by atoms with Crippen LogP contribution < -0.4 is 5.32 Å². The molecule has 0 bridgehead atoms. The van der Waals surface area contributed by atoms with E-state index in [0.29, 0.717) is 18.0 Å². The molecule has 110 valence electrons. The monoisotopic (exact) mass is 336 g/mol. The summed E-state index contributed by atoms with van der Waals surface area (Å²) < 4.78 is 1.11. The minimum atomic E-state index is 0.481. The first-order valence-electron chi connectivity index (χ1n) is 7.67. The predicted octanol–water partition coefficient (Wildman–Crippen LogP) is 4.42. The van der Waals surface area contributed by atoms with Gasteiger partial charge in [0.25, 0.3) is 0 Å². The van der Waals surface area contributed by atoms with Gasteiger partial charge in [-0.15, -0.1) is 0 Å². The molecule has 20 heavy (non-hydrogen) atoms. The molecule has 1 aromatic rings. The Labute approximate surface area is 131 Å². The zero-order chi connectivity index (χ0) is 14.4. The third-order valence-electron chi connectivity index (χ3n) is 3.92. The number of benzene rings is 1. The van der Waals surface area contributed by atoms with E-state index in [1.165, 1.54) is 31.2 Å². The second kappa shape index (κ2) is 7.94. The minimum Gasteiger partial charge on any atom is -0.314 e. The maximum Gasteiger partial charge on any atom is 0.0540 e. The van der Waals surface area contributed by atoms with E-state index in [2.05, 4.69) is 53.3 Å². The summed E-state index contributed by atoms with van der Waals surface area (Å²) >= 11 is 3.51. The summed E-state index contributed by atoms with van der Waals surface area (Å²) in [6.45, 7) is 5.52. The molecule has 2 atom stereocenters. The summed E-state index contributed by atoms with van der Waals surface area (Å²) in [6.07, 6.45) is 7.25. The SMILES string of the molecule is CC(C)NC[C@@H]1CCCC[C@@H]1N=Cc1cccc(Br)c1. The van der Waals surface area contributed by atoms with Crippen LogP contribution in [0.5, 0.6) is 0 Å². The number of halogens is 1. The largest absolute Gasteiger partial charge is 0.314 e. The van der Waals surface area contributed by atoms with Gasteiger partial charge in [-0.3, -0.25) is 4.99 Å². The van der Waals surface area contributed by atoms with Crippen molar-refractivity contribution in [2.75, 3.05) is 6.54 Å². The average molecular weight is 337 g/mol. The van der Waals surface area contributed by atoms with E-state index < -0.39 is 0 Å². The first kappa shape index (κ1) is 15.7. The van der Waals surface area contributed by atoms with Crippen LogP contribution in [0.2, 0.25) is 0 Å². The van der Waals surface area contributed by atoms with Crippen LogP contribution in [-0.4, -0.2) is 24.8 Å². The van der Waals surface area contributed by atoms with Gasteiger partial charge in [-0.25, -0.2) is 0 Å². The molecule has 1 aromatic carbocycles. The highest BCUT2D eigenvalue weighted by Crippen LogP contribution is 2.26. The van der Waals surface area contributed by atoms with Gasteiger partial charge in [-0.2, -0.15) is 0 Å². The number of nitrogens with zero attached hydrogens (tertiary/aromatic N) is 1. The highest BCUT2D eigenvalue weighted by atomic mass is 79.9. The predicted molar refractivity (Wildman–Crippen MR) is 90.6 cm³/mol. The number of hydrogen-bond acceptors (Lipinski definition) is 2. The van der Waals surface area contributed by atoms with Crippen LogP contribution in [0.1, 0.15) is 45.1 Å². The Morgan fingerprint density at radius 2 is 2.15 bits per heavy atom. The Bertz CT molecular complexity index is 442. The Balaban J connectivity index is 1.97. The lowest BCUT2D eigenvalue weighted by Crippen LogP contribution is -2.36. The Hall–Kier alpha value is -0.670. The van der Waals surface area contributed by atoms with Crippen molar-refractivity contribution < 1.29 is 0 Å². The van der Waals surface area contributed by atoms with Crippen LogP contribution in [0.25, 0.3) is 0 Å². The topological polar surface area (TPSA) is 24.4 Å². The molecule has 1 aliphatic rings. The summed E-state index contributed by atoms with van der Waals surface area (Å²) in [5.41, 5.74) is 1.18. The molecule has 1 N–H and O–H groups in total. The van der Waals surface area contributed by atoms with Gasteiger partial charge in [0.1, 0.15) is 0 Å². The fraction of sp³-hybridized carbons (Fsp3) is 0.588. The van der Waals surface area contributed by atoms with Crippen LogP contribution >= 0.6 is 15.9 Å². The molecule has 0 aromatic heterocycles. The molecule has 0 saturated heterocycles. The maximum atomic E-state index is 4.87. The zero-order valence-electron chi connectivity index (χ0n) is 12.5. The van der Waals surface area contributed by atoms with Gasteiger partial charge >= 0.3 is 0 Å². The number of hydrogen-bond donors (Lipinski definition) is 1. The molecular weight excluding hydrogens is 312 g/mol. The van der Waals surface area contributed by atoms with Gasteiger partial charge in [0.2, 0.25) is 0 Å². The van der Waals surface area contributed by atoms with Gasteiger partial charge in [0, 0.05) is 23.3 Å². The van der Waals surface area contributed by atoms with Gasteiger partial charge < -0.3 is 5.32 Å². The van der Waals surface area contributed by atoms with Crippen LogP contribution in [0.15, 0.2) is 33.7 Å². The first-order valence-corrected chi connectivity index (χ1v) is 8.46. The van der Waals surface area contributed by atoms with Gasteiger partial charge in [0.15, 0.2) is 0 Å². The molecular formula is C17H25BrN2. The van der Waals surface area contributed by atoms with E-state index in [1.807, 2.05) is 12.3 Å². The molecule has 2 nitrogen and oxygen atoms in total. The number of aliphatic imine (C=N–C) groups is 1. The first-order chi connectivity index (χ1) is 9.65. The molecule has 0 unspecified atom stereocenters. The van der Waals surface area contributed by atoms with Crippen molar-refractivity contribution in [2.45, 2.75) is 51.6 Å². The molecule has 0 heterocycles. The molecule has 2 rings (SSSR count). The second-order valence-electron chi connectivity index (χ2n) is 6.01. The summed E-state index contributed by atoms with van der Waals surface area (Å²) in [4.78, 5) is 4.87. The van der Waals surface area contributed by atoms with E-state index in [1.54, 1.807) is 0 Å². The van der Waals surface area contributed by atoms with Crippen molar-refractivity contribution in [1.29, 1.82) is 0 Å². The van der Waals surface area contributed by atoms with Crippen molar-refractivity contribution in [3.8, 4) is 0 Å². The van der Waals surface area contributed by atoms with Gasteiger partial charge in [0.05, 0.1) is 6.04 Å². The van der Waals surface area contributed by atoms with Crippen molar-refractivity contribution >= 4 is 22.1 Å². The third-order valence-corrected chi connectivity index (χ3v) is 4.41. The molecule has 0 aliphatic heterocycles. The Morgan fingerprint density at radius 3 is 2.90 bits per heavy atom. The third kappa shape index (κ3) is 5.02. The highest BCUT2D eigenvalue weighted by Gasteiger charge is 2.23. The molecule has 1 saturated carbocycles. The lowest BCUT2D eigenvalue weighted by atomic mass is 9.84. The fourth-order valence-corrected chi connectivity index (χ4v) is 3.20. The maximum absolute atomic E-state index is 4.87. The van der Waals surface area contributed by atoms with Gasteiger partial charge in [-0.05, 0) is 36.5 Å². The smallest absolute Gasteiger partial charge is 0.0540 e. The van der Waals surface area contributed by atoms with Crippen molar-refractivity contribution in [2.24, 2.45) is 10.9 Å². The molecule has 0 amide bonds. The quantitative estimate of drug-likeness (QED) is 0.790. The number of nitrogens with one attached hydrogen (secondary N) is 1. The summed E-state index contributed by atoms with van der Waals surface area (Å²) in [5, 5.41) is 3.57. The van der Waals surface area contributed by atoms with E-state index >= 15 is 0 Å². The lowest BCUT2D eigenvalue weighted by Gasteiger charge is -2.29. The molecule has 0 radical (unpaired) electrons. The molecule has 0 spiro atoms. The molecule has 1 aliphatic carbocycles. The van der Waals surface area contributed by atoms with Crippen molar-refractivity contribution in [3.05, 3.63) is 34.3 Å². The average Bonchev–Trinajstić information content (AvgIpc) is 2.44.